The number of aliphatic hydroxyl groups excluding tert-OH is 1. The number of anilines is 1. The molecule has 0 saturated carbocycles. The number of hydrogen-bond donors (Lipinski definition) is 1. The van der Waals surface area contributed by atoms with Crippen molar-refractivity contribution < 1.29 is 27.5 Å². The van der Waals surface area contributed by atoms with Crippen molar-refractivity contribution in [2.75, 3.05) is 44.2 Å². The van der Waals surface area contributed by atoms with Gasteiger partial charge in [0.2, 0.25) is 5.82 Å². The highest BCUT2D eigenvalue weighted by Gasteiger charge is 2.41. The number of aliphatic hydroxyl groups is 1. The van der Waals surface area contributed by atoms with E-state index in [0.717, 1.165) is 6.07 Å². The fourth-order valence-electron chi connectivity index (χ4n) is 4.81. The van der Waals surface area contributed by atoms with E-state index in [0.29, 0.717) is 36.8 Å². The fraction of sp³-hybridized carbons (Fsp3) is 0.375. The van der Waals surface area contributed by atoms with Crippen molar-refractivity contribution in [3.8, 4) is 0 Å². The Bertz CT molecular complexity index is 1280. The van der Waals surface area contributed by atoms with Crippen LogP contribution in [0, 0.1) is 5.82 Å². The van der Waals surface area contributed by atoms with Crippen LogP contribution >= 0.6 is 11.6 Å². The van der Waals surface area contributed by atoms with Crippen molar-refractivity contribution in [3.63, 3.8) is 0 Å². The van der Waals surface area contributed by atoms with E-state index in [-0.39, 0.29) is 35.7 Å². The van der Waals surface area contributed by atoms with Crippen molar-refractivity contribution in [2.24, 2.45) is 0 Å². The number of fused-ring (bicyclic) bond motifs is 1. The number of benzene rings is 2. The Balaban J connectivity index is 1.33. The van der Waals surface area contributed by atoms with Crippen LogP contribution in [0.5, 0.6) is 0 Å². The van der Waals surface area contributed by atoms with Gasteiger partial charge in [-0.2, -0.15) is 13.2 Å². The number of rotatable bonds is 3. The van der Waals surface area contributed by atoms with Crippen molar-refractivity contribution in [1.29, 1.82) is 0 Å². The summed E-state index contributed by atoms with van der Waals surface area (Å²) in [5, 5.41) is 11.2. The maximum absolute atomic E-state index is 14.7. The zero-order valence-corrected chi connectivity index (χ0v) is 19.7. The predicted octanol–water partition coefficient (Wildman–Crippen LogP) is 3.45. The lowest BCUT2D eigenvalue weighted by molar-refractivity contribution is -0.144. The Hall–Kier alpha value is -3.02. The summed E-state index contributed by atoms with van der Waals surface area (Å²) in [4.78, 5) is 25.1. The van der Waals surface area contributed by atoms with Crippen LogP contribution in [0.1, 0.15) is 16.2 Å². The van der Waals surface area contributed by atoms with E-state index in [4.69, 9.17) is 11.6 Å². The molecule has 0 spiro atoms. The summed E-state index contributed by atoms with van der Waals surface area (Å²) in [6.45, 7) is 1.95. The Morgan fingerprint density at radius 3 is 2.36 bits per heavy atom. The Morgan fingerprint density at radius 1 is 1.00 bits per heavy atom. The highest BCUT2D eigenvalue weighted by molar-refractivity contribution is 6.30. The monoisotopic (exact) mass is 523 g/mol. The first-order chi connectivity index (χ1) is 17.1. The summed E-state index contributed by atoms with van der Waals surface area (Å²) in [7, 11) is 0. The second-order valence-corrected chi connectivity index (χ2v) is 9.31. The zero-order chi connectivity index (χ0) is 25.6. The lowest BCUT2D eigenvalue weighted by Gasteiger charge is -2.38. The topological polar surface area (TPSA) is 72.8 Å². The first kappa shape index (κ1) is 24.7. The number of amides is 1. The van der Waals surface area contributed by atoms with Crippen molar-refractivity contribution in [1.82, 2.24) is 19.8 Å². The summed E-state index contributed by atoms with van der Waals surface area (Å²) < 4.78 is 55.0. The molecule has 190 valence electrons. The summed E-state index contributed by atoms with van der Waals surface area (Å²) >= 11 is 5.89. The van der Waals surface area contributed by atoms with Gasteiger partial charge in [0, 0.05) is 49.9 Å². The summed E-state index contributed by atoms with van der Waals surface area (Å²) in [5.74, 6) is -2.41. The maximum atomic E-state index is 14.7. The molecule has 2 aliphatic rings. The largest absolute Gasteiger partial charge is 0.451 e. The number of β-amino-alcohol motifs (C(OH)–C–C–N with tert-alkyl or cyclic N) is 1. The van der Waals surface area contributed by atoms with Gasteiger partial charge in [-0.05, 0) is 36.4 Å². The molecule has 3 aromatic rings. The van der Waals surface area contributed by atoms with E-state index >= 15 is 0 Å². The summed E-state index contributed by atoms with van der Waals surface area (Å²) in [6.07, 6.45) is -5.70. The van der Waals surface area contributed by atoms with Gasteiger partial charge >= 0.3 is 6.18 Å². The average Bonchev–Trinajstić information content (AvgIpc) is 3.24. The van der Waals surface area contributed by atoms with Crippen molar-refractivity contribution in [3.05, 3.63) is 64.7 Å². The van der Waals surface area contributed by atoms with Gasteiger partial charge in [-0.3, -0.25) is 9.69 Å². The van der Waals surface area contributed by atoms with Gasteiger partial charge in [-0.1, -0.05) is 17.7 Å². The highest BCUT2D eigenvalue weighted by Crippen LogP contribution is 2.35. The Kier molecular flexibility index (Phi) is 6.48. The molecular weight excluding hydrogens is 502 g/mol. The molecule has 7 nitrogen and oxygen atoms in total. The number of alkyl halides is 3. The number of aromatic nitrogens is 2. The zero-order valence-electron chi connectivity index (χ0n) is 18.9. The quantitative estimate of drug-likeness (QED) is 0.530. The van der Waals surface area contributed by atoms with Crippen LogP contribution in [0.15, 0.2) is 42.5 Å². The molecule has 36 heavy (non-hydrogen) atoms. The third-order valence-corrected chi connectivity index (χ3v) is 6.88. The van der Waals surface area contributed by atoms with Gasteiger partial charge in [-0.25, -0.2) is 14.4 Å². The van der Waals surface area contributed by atoms with Crippen LogP contribution in [0.2, 0.25) is 5.02 Å². The molecule has 1 amide bonds. The number of carbonyl (C=O) groups excluding carboxylic acids is 1. The standard InChI is InChI=1S/C24H22ClF4N5O2/c25-15-6-4-14(5-7-15)22(36)33-10-8-32(9-11-33)18-12-34(13-19(18)35)21-20-16(26)2-1-3-17(20)30-23(31-21)24(27,28)29/h1-7,18-19,35H,8-13H2. The minimum absolute atomic E-state index is 0.00761. The van der Waals surface area contributed by atoms with Gasteiger partial charge < -0.3 is 14.9 Å². The van der Waals surface area contributed by atoms with Crippen LogP contribution in [-0.4, -0.2) is 82.2 Å². The lowest BCUT2D eigenvalue weighted by Crippen LogP contribution is -2.54. The van der Waals surface area contributed by atoms with Crippen molar-refractivity contribution in [2.45, 2.75) is 18.3 Å². The number of nitrogens with zero attached hydrogens (tertiary/aromatic N) is 5. The van der Waals surface area contributed by atoms with Crippen LogP contribution < -0.4 is 4.90 Å². The predicted molar refractivity (Wildman–Crippen MR) is 125 cm³/mol. The van der Waals surface area contributed by atoms with E-state index in [1.54, 1.807) is 29.2 Å². The molecule has 2 saturated heterocycles. The molecule has 0 radical (unpaired) electrons. The lowest BCUT2D eigenvalue weighted by atomic mass is 10.1. The van der Waals surface area contributed by atoms with Crippen LogP contribution in [0.3, 0.4) is 0 Å². The molecule has 2 fully saturated rings. The average molecular weight is 524 g/mol. The van der Waals surface area contributed by atoms with Gasteiger partial charge in [0.15, 0.2) is 0 Å². The number of piperazine rings is 1. The highest BCUT2D eigenvalue weighted by atomic mass is 35.5. The Labute approximate surface area is 208 Å². The molecule has 2 unspecified atom stereocenters. The third-order valence-electron chi connectivity index (χ3n) is 6.63. The van der Waals surface area contributed by atoms with Gasteiger partial charge in [-0.15, -0.1) is 0 Å². The van der Waals surface area contributed by atoms with Crippen LogP contribution in [0.4, 0.5) is 23.4 Å². The van der Waals surface area contributed by atoms with Gasteiger partial charge in [0.1, 0.15) is 11.6 Å². The number of halogens is 5. The molecule has 3 heterocycles. The smallest absolute Gasteiger partial charge is 0.390 e. The first-order valence-corrected chi connectivity index (χ1v) is 11.7. The molecule has 0 bridgehead atoms. The summed E-state index contributed by atoms with van der Waals surface area (Å²) in [5.41, 5.74) is 0.373. The van der Waals surface area contributed by atoms with Gasteiger partial charge in [0.25, 0.3) is 5.91 Å². The molecule has 0 aliphatic carbocycles. The molecule has 2 aromatic carbocycles. The molecule has 1 aromatic heterocycles. The van der Waals surface area contributed by atoms with E-state index in [9.17, 15) is 27.5 Å². The van der Waals surface area contributed by atoms with Crippen molar-refractivity contribution >= 4 is 34.2 Å². The minimum atomic E-state index is -4.81. The maximum Gasteiger partial charge on any atom is 0.451 e. The van der Waals surface area contributed by atoms with Crippen LogP contribution in [0.25, 0.3) is 10.9 Å². The van der Waals surface area contributed by atoms with Crippen LogP contribution in [-0.2, 0) is 6.18 Å². The molecule has 5 rings (SSSR count). The van der Waals surface area contributed by atoms with E-state index in [1.165, 1.54) is 17.0 Å². The van der Waals surface area contributed by atoms with E-state index in [2.05, 4.69) is 9.97 Å². The first-order valence-electron chi connectivity index (χ1n) is 11.4. The second-order valence-electron chi connectivity index (χ2n) is 8.88. The summed E-state index contributed by atoms with van der Waals surface area (Å²) in [6, 6.07) is 9.95. The minimum Gasteiger partial charge on any atom is -0.390 e. The normalized spacial score (nSPS) is 21.4. The molecule has 2 atom stereocenters. The van der Waals surface area contributed by atoms with E-state index in [1.807, 2.05) is 4.90 Å². The fourth-order valence-corrected chi connectivity index (χ4v) is 4.94. The molecule has 2 aliphatic heterocycles. The Morgan fingerprint density at radius 2 is 1.69 bits per heavy atom. The second kappa shape index (κ2) is 9.45. The number of carbonyl (C=O) groups is 1. The molecular formula is C24H22ClF4N5O2. The third kappa shape index (κ3) is 4.70. The van der Waals surface area contributed by atoms with Gasteiger partial charge in [0.05, 0.1) is 23.0 Å². The van der Waals surface area contributed by atoms with E-state index < -0.39 is 30.0 Å². The number of hydrogen-bond acceptors (Lipinski definition) is 6. The molecule has 12 heteroatoms. The SMILES string of the molecule is O=C(c1ccc(Cl)cc1)N1CCN(C2CN(c3nc(C(F)(F)F)nc4cccc(F)c34)CC2O)CC1. The molecule has 1 N–H and O–H groups in total.